The number of allylic oxidation sites excluding steroid dienone is 4. The van der Waals surface area contributed by atoms with E-state index in [1.165, 1.54) is 27.4 Å². The molecule has 0 saturated carbocycles. The molecule has 2 heterocycles. The third-order valence-electron chi connectivity index (χ3n) is 4.49. The van der Waals surface area contributed by atoms with Crippen LogP contribution in [0.1, 0.15) is 27.9 Å². The molecule has 26 heavy (non-hydrogen) atoms. The van der Waals surface area contributed by atoms with Crippen molar-refractivity contribution >= 4 is 11.2 Å². The fourth-order valence-corrected chi connectivity index (χ4v) is 2.93. The summed E-state index contributed by atoms with van der Waals surface area (Å²) in [4.78, 5) is 4.70. The van der Waals surface area contributed by atoms with Gasteiger partial charge in [-0.3, -0.25) is 0 Å². The zero-order chi connectivity index (χ0) is 18.7. The Morgan fingerprint density at radius 1 is 1.31 bits per heavy atom. The summed E-state index contributed by atoms with van der Waals surface area (Å²) in [6, 6.07) is 7.83. The Labute approximate surface area is 152 Å². The zero-order valence-electron chi connectivity index (χ0n) is 15.0. The number of rotatable bonds is 5. The van der Waals surface area contributed by atoms with Crippen molar-refractivity contribution in [1.29, 1.82) is 0 Å². The molecular formula is C21H22N4O. The number of benzene rings is 1. The normalized spacial score (nSPS) is 12.2. The fraction of sp³-hybridized carbons (Fsp3) is 0.143. The lowest BCUT2D eigenvalue weighted by Crippen LogP contribution is -1.99. The van der Waals surface area contributed by atoms with Crippen molar-refractivity contribution in [3.05, 3.63) is 89.4 Å². The molecule has 0 unspecified atom stereocenters. The van der Waals surface area contributed by atoms with Crippen LogP contribution in [0.25, 0.3) is 11.2 Å². The zero-order valence-corrected chi connectivity index (χ0v) is 15.0. The molecule has 0 aliphatic carbocycles. The molecule has 0 amide bonds. The summed E-state index contributed by atoms with van der Waals surface area (Å²) in [6.45, 7) is 7.93. The van der Waals surface area contributed by atoms with Crippen molar-refractivity contribution < 1.29 is 5.11 Å². The van der Waals surface area contributed by atoms with E-state index in [1.54, 1.807) is 30.5 Å². The van der Waals surface area contributed by atoms with E-state index in [1.807, 2.05) is 0 Å². The van der Waals surface area contributed by atoms with Crippen LogP contribution < -0.4 is 5.73 Å². The first kappa shape index (κ1) is 17.5. The third-order valence-corrected chi connectivity index (χ3v) is 4.49. The molecule has 0 atom stereocenters. The maximum absolute atomic E-state index is 10.4. The minimum absolute atomic E-state index is 0.0256. The van der Waals surface area contributed by atoms with E-state index in [0.717, 1.165) is 11.1 Å². The largest absolute Gasteiger partial charge is 0.493 e. The molecule has 0 spiro atoms. The molecule has 0 saturated heterocycles. The molecule has 0 aliphatic rings. The van der Waals surface area contributed by atoms with Crippen LogP contribution in [0.2, 0.25) is 0 Å². The number of aromatic nitrogens is 3. The minimum atomic E-state index is 0.0256. The molecule has 0 aliphatic heterocycles. The first-order valence-electron chi connectivity index (χ1n) is 8.38. The number of aromatic hydroxyl groups is 1. The van der Waals surface area contributed by atoms with Crippen LogP contribution in [0, 0.1) is 13.8 Å². The van der Waals surface area contributed by atoms with Gasteiger partial charge in [0.1, 0.15) is 0 Å². The van der Waals surface area contributed by atoms with Gasteiger partial charge in [-0.05, 0) is 42.8 Å². The van der Waals surface area contributed by atoms with Gasteiger partial charge in [0, 0.05) is 23.6 Å². The van der Waals surface area contributed by atoms with Crippen molar-refractivity contribution in [3.63, 3.8) is 0 Å². The van der Waals surface area contributed by atoms with E-state index < -0.39 is 0 Å². The summed E-state index contributed by atoms with van der Waals surface area (Å²) in [5, 5.41) is 14.6. The lowest BCUT2D eigenvalue weighted by atomic mass is 9.98. The third kappa shape index (κ3) is 3.24. The Balaban J connectivity index is 2.12. The van der Waals surface area contributed by atoms with Crippen molar-refractivity contribution in [2.24, 2.45) is 5.73 Å². The Morgan fingerprint density at radius 2 is 2.12 bits per heavy atom. The van der Waals surface area contributed by atoms with Crippen LogP contribution in [-0.2, 0) is 6.42 Å². The van der Waals surface area contributed by atoms with E-state index >= 15 is 0 Å². The van der Waals surface area contributed by atoms with Crippen LogP contribution in [0.5, 0.6) is 5.88 Å². The van der Waals surface area contributed by atoms with E-state index in [9.17, 15) is 5.11 Å². The highest BCUT2D eigenvalue weighted by molar-refractivity contribution is 5.74. The lowest BCUT2D eigenvalue weighted by molar-refractivity contribution is 0.435. The highest BCUT2D eigenvalue weighted by Crippen LogP contribution is 2.24. The SMILES string of the molecule is C=C/C=C(\C=C/N)c1cc(O)n2ncc(Cc3cccc(C)c3C)c2n1. The van der Waals surface area contributed by atoms with E-state index in [0.29, 0.717) is 17.8 Å². The van der Waals surface area contributed by atoms with Crippen molar-refractivity contribution in [1.82, 2.24) is 14.6 Å². The van der Waals surface area contributed by atoms with Gasteiger partial charge < -0.3 is 10.8 Å². The molecule has 5 heteroatoms. The highest BCUT2D eigenvalue weighted by Gasteiger charge is 2.14. The molecule has 132 valence electrons. The topological polar surface area (TPSA) is 76.4 Å². The maximum atomic E-state index is 10.4. The highest BCUT2D eigenvalue weighted by atomic mass is 16.3. The number of nitrogens with zero attached hydrogens (tertiary/aromatic N) is 3. The minimum Gasteiger partial charge on any atom is -0.493 e. The fourth-order valence-electron chi connectivity index (χ4n) is 2.93. The monoisotopic (exact) mass is 346 g/mol. The van der Waals surface area contributed by atoms with Crippen LogP contribution in [0.15, 0.2) is 61.5 Å². The molecule has 3 aromatic rings. The van der Waals surface area contributed by atoms with E-state index in [4.69, 9.17) is 10.7 Å². The summed E-state index contributed by atoms with van der Waals surface area (Å²) >= 11 is 0. The first-order chi connectivity index (χ1) is 12.5. The van der Waals surface area contributed by atoms with Gasteiger partial charge in [-0.25, -0.2) is 4.98 Å². The summed E-state index contributed by atoms with van der Waals surface area (Å²) in [5.41, 5.74) is 12.2. The molecular weight excluding hydrogens is 324 g/mol. The van der Waals surface area contributed by atoms with Crippen LogP contribution in [-0.4, -0.2) is 19.7 Å². The first-order valence-corrected chi connectivity index (χ1v) is 8.38. The lowest BCUT2D eigenvalue weighted by Gasteiger charge is -2.08. The standard InChI is InChI=1S/C21H22N4O/c1-4-6-16(9-10-22)19-12-20(26)25-21(24-19)18(13-23-25)11-17-8-5-7-14(2)15(17)3/h4-10,12-13,26H,1,11,22H2,2-3H3/b10-9-,16-6+. The van der Waals surface area contributed by atoms with Gasteiger partial charge in [-0.2, -0.15) is 9.61 Å². The van der Waals surface area contributed by atoms with Gasteiger partial charge in [0.15, 0.2) is 5.65 Å². The van der Waals surface area contributed by atoms with Crippen LogP contribution in [0.3, 0.4) is 0 Å². The molecule has 0 radical (unpaired) electrons. The number of nitrogens with two attached hydrogens (primary N) is 1. The second-order valence-corrected chi connectivity index (χ2v) is 6.16. The average molecular weight is 346 g/mol. The molecule has 2 aromatic heterocycles. The molecule has 5 nitrogen and oxygen atoms in total. The second kappa shape index (κ2) is 7.27. The average Bonchev–Trinajstić information content (AvgIpc) is 3.02. The van der Waals surface area contributed by atoms with Gasteiger partial charge in [-0.1, -0.05) is 36.9 Å². The predicted octanol–water partition coefficient (Wildman–Crippen LogP) is 3.68. The summed E-state index contributed by atoms with van der Waals surface area (Å²) < 4.78 is 1.45. The van der Waals surface area contributed by atoms with E-state index in [-0.39, 0.29) is 5.88 Å². The van der Waals surface area contributed by atoms with Crippen LogP contribution in [0.4, 0.5) is 0 Å². The summed E-state index contributed by atoms with van der Waals surface area (Å²) in [6.07, 6.45) is 9.06. The summed E-state index contributed by atoms with van der Waals surface area (Å²) in [5.74, 6) is 0.0256. The Morgan fingerprint density at radius 3 is 2.85 bits per heavy atom. The predicted molar refractivity (Wildman–Crippen MR) is 105 cm³/mol. The smallest absolute Gasteiger partial charge is 0.216 e. The van der Waals surface area contributed by atoms with Gasteiger partial charge in [-0.15, -0.1) is 0 Å². The number of fused-ring (bicyclic) bond motifs is 1. The Kier molecular flexibility index (Phi) is 4.89. The van der Waals surface area contributed by atoms with Crippen LogP contribution >= 0.6 is 0 Å². The molecule has 3 N–H and O–H groups in total. The molecule has 0 bridgehead atoms. The number of aryl methyl sites for hydroxylation is 1. The van der Waals surface area contributed by atoms with Gasteiger partial charge in [0.2, 0.25) is 5.88 Å². The Hall–Kier alpha value is -3.34. The van der Waals surface area contributed by atoms with Crippen molar-refractivity contribution in [2.45, 2.75) is 20.3 Å². The van der Waals surface area contributed by atoms with Crippen molar-refractivity contribution in [3.8, 4) is 5.88 Å². The summed E-state index contributed by atoms with van der Waals surface area (Å²) in [7, 11) is 0. The maximum Gasteiger partial charge on any atom is 0.216 e. The molecule has 3 rings (SSSR count). The van der Waals surface area contributed by atoms with Crippen molar-refractivity contribution in [2.75, 3.05) is 0 Å². The van der Waals surface area contributed by atoms with Gasteiger partial charge >= 0.3 is 0 Å². The van der Waals surface area contributed by atoms with Gasteiger partial charge in [0.05, 0.1) is 11.9 Å². The number of hydrogen-bond acceptors (Lipinski definition) is 4. The molecule has 1 aromatic carbocycles. The second-order valence-electron chi connectivity index (χ2n) is 6.16. The quantitative estimate of drug-likeness (QED) is 0.691. The van der Waals surface area contributed by atoms with E-state index in [2.05, 4.69) is 43.7 Å². The number of hydrogen-bond donors (Lipinski definition) is 2. The molecule has 0 fully saturated rings. The van der Waals surface area contributed by atoms with Gasteiger partial charge in [0.25, 0.3) is 0 Å². The Bertz CT molecular complexity index is 1030.